The molecule has 0 saturated carbocycles. The lowest BCUT2D eigenvalue weighted by Gasteiger charge is -2.00. The maximum atomic E-state index is 10.9. The maximum Gasteiger partial charge on any atom is 0.166 e. The van der Waals surface area contributed by atoms with Gasteiger partial charge in [0.1, 0.15) is 0 Å². The van der Waals surface area contributed by atoms with Gasteiger partial charge in [-0.15, -0.1) is 0 Å². The van der Waals surface area contributed by atoms with Crippen molar-refractivity contribution < 1.29 is 4.79 Å². The Morgan fingerprint density at radius 1 is 1.20 bits per heavy atom. The highest BCUT2D eigenvalue weighted by Gasteiger charge is 2.07. The van der Waals surface area contributed by atoms with E-state index in [4.69, 9.17) is 0 Å². The third-order valence-corrected chi connectivity index (χ3v) is 2.43. The van der Waals surface area contributed by atoms with Gasteiger partial charge in [-0.2, -0.15) is 0 Å². The fourth-order valence-electron chi connectivity index (χ4n) is 1.75. The number of aryl methyl sites for hydroxylation is 2. The van der Waals surface area contributed by atoms with Gasteiger partial charge in [-0.1, -0.05) is 29.8 Å². The second-order valence-electron chi connectivity index (χ2n) is 3.77. The summed E-state index contributed by atoms with van der Waals surface area (Å²) in [5.74, 6) is 0. The summed E-state index contributed by atoms with van der Waals surface area (Å²) in [4.78, 5) is 13.9. The molecule has 2 rings (SSSR count). The molecule has 0 bridgehead atoms. The molecule has 0 radical (unpaired) electrons. The lowest BCUT2D eigenvalue weighted by atomic mass is 10.0. The molecule has 0 aliphatic rings. The van der Waals surface area contributed by atoms with Gasteiger partial charge in [0, 0.05) is 11.3 Å². The summed E-state index contributed by atoms with van der Waals surface area (Å²) < 4.78 is 0. The number of hydrogen-bond acceptors (Lipinski definition) is 1. The van der Waals surface area contributed by atoms with Crippen molar-refractivity contribution in [3.05, 3.63) is 47.3 Å². The van der Waals surface area contributed by atoms with Gasteiger partial charge < -0.3 is 4.98 Å². The largest absolute Gasteiger partial charge is 0.356 e. The van der Waals surface area contributed by atoms with E-state index >= 15 is 0 Å². The zero-order chi connectivity index (χ0) is 10.8. The molecule has 2 aromatic rings. The lowest BCUT2D eigenvalue weighted by molar-refractivity contribution is 0.112. The van der Waals surface area contributed by atoms with Crippen LogP contribution in [0.2, 0.25) is 0 Å². The van der Waals surface area contributed by atoms with Gasteiger partial charge in [-0.25, -0.2) is 0 Å². The summed E-state index contributed by atoms with van der Waals surface area (Å²) in [7, 11) is 0. The first-order chi connectivity index (χ1) is 7.20. The van der Waals surface area contributed by atoms with Crippen LogP contribution in [0.15, 0.2) is 30.3 Å². The Labute approximate surface area is 89.0 Å². The zero-order valence-electron chi connectivity index (χ0n) is 8.87. The summed E-state index contributed by atoms with van der Waals surface area (Å²) in [6.07, 6.45) is 0.866. The highest BCUT2D eigenvalue weighted by atomic mass is 16.1. The second kappa shape index (κ2) is 3.73. The van der Waals surface area contributed by atoms with Crippen molar-refractivity contribution in [2.75, 3.05) is 0 Å². The molecule has 76 valence electrons. The van der Waals surface area contributed by atoms with Crippen molar-refractivity contribution in [1.29, 1.82) is 0 Å². The van der Waals surface area contributed by atoms with E-state index in [-0.39, 0.29) is 0 Å². The molecule has 0 spiro atoms. The molecular formula is C13H13NO. The fourth-order valence-corrected chi connectivity index (χ4v) is 1.75. The SMILES string of the molecule is Cc1cccc(-c2cc(C)[nH]c2C=O)c1. The summed E-state index contributed by atoms with van der Waals surface area (Å²) in [5, 5.41) is 0. The standard InChI is InChI=1S/C13H13NO/c1-9-4-3-5-11(6-9)12-7-10(2)14-13(12)8-15/h3-8,14H,1-2H3. The zero-order valence-corrected chi connectivity index (χ0v) is 8.87. The van der Waals surface area contributed by atoms with Crippen LogP contribution < -0.4 is 0 Å². The van der Waals surface area contributed by atoms with Crippen molar-refractivity contribution in [3.63, 3.8) is 0 Å². The maximum absolute atomic E-state index is 10.9. The van der Waals surface area contributed by atoms with Gasteiger partial charge in [0.15, 0.2) is 6.29 Å². The Balaban J connectivity index is 2.57. The highest BCUT2D eigenvalue weighted by molar-refractivity contribution is 5.86. The number of aromatic amines is 1. The van der Waals surface area contributed by atoms with Crippen molar-refractivity contribution in [2.45, 2.75) is 13.8 Å². The number of rotatable bonds is 2. The quantitative estimate of drug-likeness (QED) is 0.740. The highest BCUT2D eigenvalue weighted by Crippen LogP contribution is 2.24. The van der Waals surface area contributed by atoms with Crippen molar-refractivity contribution in [3.8, 4) is 11.1 Å². The van der Waals surface area contributed by atoms with Gasteiger partial charge in [0.25, 0.3) is 0 Å². The average Bonchev–Trinajstić information content (AvgIpc) is 2.59. The molecule has 0 amide bonds. The minimum Gasteiger partial charge on any atom is -0.356 e. The number of aldehydes is 1. The summed E-state index contributed by atoms with van der Waals surface area (Å²) in [6.45, 7) is 4.00. The molecule has 0 fully saturated rings. The topological polar surface area (TPSA) is 32.9 Å². The van der Waals surface area contributed by atoms with Crippen LogP contribution in [0.25, 0.3) is 11.1 Å². The van der Waals surface area contributed by atoms with E-state index in [0.29, 0.717) is 5.69 Å². The van der Waals surface area contributed by atoms with E-state index in [9.17, 15) is 4.79 Å². The number of benzene rings is 1. The molecule has 1 N–H and O–H groups in total. The van der Waals surface area contributed by atoms with E-state index in [0.717, 1.165) is 23.1 Å². The Bertz CT molecular complexity index is 497. The van der Waals surface area contributed by atoms with E-state index < -0.39 is 0 Å². The molecule has 0 aliphatic carbocycles. The number of hydrogen-bond donors (Lipinski definition) is 1. The first-order valence-electron chi connectivity index (χ1n) is 4.92. The van der Waals surface area contributed by atoms with Crippen molar-refractivity contribution >= 4 is 6.29 Å². The molecule has 1 heterocycles. The summed E-state index contributed by atoms with van der Waals surface area (Å²) in [5.41, 5.74) is 4.92. The molecule has 0 saturated heterocycles. The minimum atomic E-state index is 0.651. The smallest absolute Gasteiger partial charge is 0.166 e. The third kappa shape index (κ3) is 1.84. The molecular weight excluding hydrogens is 186 g/mol. The second-order valence-corrected chi connectivity index (χ2v) is 3.77. The van der Waals surface area contributed by atoms with E-state index in [2.05, 4.69) is 11.1 Å². The van der Waals surface area contributed by atoms with Crippen LogP contribution in [0.5, 0.6) is 0 Å². The van der Waals surface area contributed by atoms with E-state index in [1.807, 2.05) is 38.1 Å². The van der Waals surface area contributed by atoms with Crippen LogP contribution >= 0.6 is 0 Å². The average molecular weight is 199 g/mol. The molecule has 2 nitrogen and oxygen atoms in total. The summed E-state index contributed by atoms with van der Waals surface area (Å²) >= 11 is 0. The van der Waals surface area contributed by atoms with E-state index in [1.54, 1.807) is 0 Å². The van der Waals surface area contributed by atoms with Crippen molar-refractivity contribution in [2.24, 2.45) is 0 Å². The molecule has 1 aromatic heterocycles. The normalized spacial score (nSPS) is 10.3. The summed E-state index contributed by atoms with van der Waals surface area (Å²) in [6, 6.07) is 10.1. The first kappa shape index (κ1) is 9.71. The van der Waals surface area contributed by atoms with Crippen molar-refractivity contribution in [1.82, 2.24) is 4.98 Å². The Hall–Kier alpha value is -1.83. The van der Waals surface area contributed by atoms with Crippen LogP contribution in [-0.4, -0.2) is 11.3 Å². The molecule has 0 aliphatic heterocycles. The predicted molar refractivity (Wildman–Crippen MR) is 61.1 cm³/mol. The van der Waals surface area contributed by atoms with Gasteiger partial charge in [-0.05, 0) is 25.5 Å². The molecule has 15 heavy (non-hydrogen) atoms. The molecule has 0 atom stereocenters. The number of nitrogens with one attached hydrogen (secondary N) is 1. The van der Waals surface area contributed by atoms with Gasteiger partial charge >= 0.3 is 0 Å². The van der Waals surface area contributed by atoms with Crippen LogP contribution in [-0.2, 0) is 0 Å². The number of aromatic nitrogens is 1. The van der Waals surface area contributed by atoms with Crippen LogP contribution in [0.1, 0.15) is 21.7 Å². The predicted octanol–water partition coefficient (Wildman–Crippen LogP) is 3.11. The number of carbonyl (C=O) groups excluding carboxylic acids is 1. The monoisotopic (exact) mass is 199 g/mol. The fraction of sp³-hybridized carbons (Fsp3) is 0.154. The van der Waals surface area contributed by atoms with Gasteiger partial charge in [0.2, 0.25) is 0 Å². The van der Waals surface area contributed by atoms with Crippen LogP contribution in [0, 0.1) is 13.8 Å². The number of carbonyl (C=O) groups is 1. The van der Waals surface area contributed by atoms with Gasteiger partial charge in [0.05, 0.1) is 5.69 Å². The van der Waals surface area contributed by atoms with Crippen LogP contribution in [0.3, 0.4) is 0 Å². The molecule has 1 aromatic carbocycles. The first-order valence-corrected chi connectivity index (χ1v) is 4.92. The third-order valence-electron chi connectivity index (χ3n) is 2.43. The Kier molecular flexibility index (Phi) is 2.42. The van der Waals surface area contributed by atoms with Gasteiger partial charge in [-0.3, -0.25) is 4.79 Å². The number of H-pyrrole nitrogens is 1. The Morgan fingerprint density at radius 3 is 2.67 bits per heavy atom. The Morgan fingerprint density at radius 2 is 2.00 bits per heavy atom. The lowest BCUT2D eigenvalue weighted by Crippen LogP contribution is -1.84. The van der Waals surface area contributed by atoms with Crippen LogP contribution in [0.4, 0.5) is 0 Å². The van der Waals surface area contributed by atoms with E-state index in [1.165, 1.54) is 5.56 Å². The minimum absolute atomic E-state index is 0.651. The molecule has 2 heteroatoms. The molecule has 0 unspecified atom stereocenters.